The maximum Gasteiger partial charge on any atom is 0.229 e. The third-order valence-electron chi connectivity index (χ3n) is 5.32. The summed E-state index contributed by atoms with van der Waals surface area (Å²) in [5, 5.41) is 69.4. The molecular weight excluding hydrogens is 400 g/mol. The van der Waals surface area contributed by atoms with Gasteiger partial charge in [-0.15, -0.1) is 0 Å². The molecule has 1 saturated heterocycles. The molecule has 0 radical (unpaired) electrons. The van der Waals surface area contributed by atoms with Crippen LogP contribution >= 0.6 is 0 Å². The Labute approximate surface area is 170 Å². The van der Waals surface area contributed by atoms with Crippen LogP contribution in [-0.4, -0.2) is 73.1 Å². The second-order valence-electron chi connectivity index (χ2n) is 7.48. The fourth-order valence-electron chi connectivity index (χ4n) is 3.58. The molecule has 10 nitrogen and oxygen atoms in total. The number of aliphatic hydroxyl groups is 4. The minimum atomic E-state index is -1.87. The molecule has 2 aliphatic rings. The lowest BCUT2D eigenvalue weighted by molar-refractivity contribution is -0.116. The van der Waals surface area contributed by atoms with E-state index in [0.717, 1.165) is 0 Å². The number of aromatic hydroxyl groups is 3. The Morgan fingerprint density at radius 3 is 2.50 bits per heavy atom. The molecule has 30 heavy (non-hydrogen) atoms. The molecule has 7 N–H and O–H groups in total. The number of fused-ring (bicyclic) bond motifs is 1. The molecule has 0 amide bonds. The molecule has 4 rings (SSSR count). The van der Waals surface area contributed by atoms with E-state index in [2.05, 4.69) is 0 Å². The second-order valence-corrected chi connectivity index (χ2v) is 7.48. The fourth-order valence-corrected chi connectivity index (χ4v) is 3.58. The maximum absolute atomic E-state index is 10.6. The highest BCUT2D eigenvalue weighted by molar-refractivity contribution is 5.53. The number of aliphatic hydroxyl groups excluding tert-OH is 3. The van der Waals surface area contributed by atoms with E-state index in [4.69, 9.17) is 14.2 Å². The number of hydrogen-bond acceptors (Lipinski definition) is 10. The van der Waals surface area contributed by atoms with Gasteiger partial charge in [0, 0.05) is 24.1 Å². The summed E-state index contributed by atoms with van der Waals surface area (Å²) < 4.78 is 16.7. The molecule has 10 heteroatoms. The number of ether oxygens (including phenoxy) is 3. The van der Waals surface area contributed by atoms with Crippen LogP contribution in [0.2, 0.25) is 0 Å². The Kier molecular flexibility index (Phi) is 5.12. The van der Waals surface area contributed by atoms with Crippen molar-refractivity contribution in [2.24, 2.45) is 0 Å². The van der Waals surface area contributed by atoms with Gasteiger partial charge in [-0.05, 0) is 17.7 Å². The number of hydrogen-bond donors (Lipinski definition) is 7. The molecule has 0 bridgehead atoms. The standard InChI is InChI=1S/C20H22O10/c21-7-20(27)8-28-19(18(20)26)30-16-5-10(22)4-15-11(16)6-14(25)17(29-15)9-1-2-12(23)13(24)3-9/h1-5,14,17-19,21-27H,6-8H2/t14-,17-,18?,19?,20?/m1/s1. The van der Waals surface area contributed by atoms with Crippen LogP contribution in [0, 0.1) is 0 Å². The van der Waals surface area contributed by atoms with Gasteiger partial charge in [-0.2, -0.15) is 0 Å². The van der Waals surface area contributed by atoms with E-state index in [1.807, 2.05) is 0 Å². The Morgan fingerprint density at radius 1 is 1.07 bits per heavy atom. The van der Waals surface area contributed by atoms with E-state index < -0.39 is 36.8 Å². The minimum Gasteiger partial charge on any atom is -0.508 e. The summed E-state index contributed by atoms with van der Waals surface area (Å²) in [6.07, 6.45) is -4.74. The summed E-state index contributed by atoms with van der Waals surface area (Å²) in [4.78, 5) is 0. The van der Waals surface area contributed by atoms with Crippen LogP contribution < -0.4 is 9.47 Å². The van der Waals surface area contributed by atoms with Crippen LogP contribution in [0.3, 0.4) is 0 Å². The second kappa shape index (κ2) is 7.49. The van der Waals surface area contributed by atoms with Crippen molar-refractivity contribution < 1.29 is 50.0 Å². The van der Waals surface area contributed by atoms with Gasteiger partial charge in [0.2, 0.25) is 6.29 Å². The van der Waals surface area contributed by atoms with E-state index in [1.165, 1.54) is 30.3 Å². The van der Waals surface area contributed by atoms with Crippen molar-refractivity contribution in [1.29, 1.82) is 0 Å². The van der Waals surface area contributed by atoms with Crippen LogP contribution in [0.4, 0.5) is 0 Å². The van der Waals surface area contributed by atoms with Gasteiger partial charge in [0.25, 0.3) is 0 Å². The number of benzene rings is 2. The summed E-state index contributed by atoms with van der Waals surface area (Å²) in [5.41, 5.74) is -1.06. The summed E-state index contributed by atoms with van der Waals surface area (Å²) >= 11 is 0. The van der Waals surface area contributed by atoms with Crippen molar-refractivity contribution in [3.63, 3.8) is 0 Å². The van der Waals surface area contributed by atoms with Crippen molar-refractivity contribution in [3.05, 3.63) is 41.5 Å². The third kappa shape index (κ3) is 3.48. The largest absolute Gasteiger partial charge is 0.508 e. The van der Waals surface area contributed by atoms with Crippen LogP contribution in [0.1, 0.15) is 17.2 Å². The number of phenols is 3. The molecule has 0 aromatic heterocycles. The van der Waals surface area contributed by atoms with E-state index in [9.17, 15) is 35.7 Å². The zero-order valence-corrected chi connectivity index (χ0v) is 15.7. The van der Waals surface area contributed by atoms with Crippen molar-refractivity contribution >= 4 is 0 Å². The van der Waals surface area contributed by atoms with Crippen LogP contribution in [0.5, 0.6) is 28.7 Å². The van der Waals surface area contributed by atoms with Gasteiger partial charge in [-0.1, -0.05) is 6.07 Å². The lowest BCUT2D eigenvalue weighted by Crippen LogP contribution is -2.48. The molecular formula is C20H22O10. The summed E-state index contributed by atoms with van der Waals surface area (Å²) in [6, 6.07) is 6.62. The molecule has 162 valence electrons. The highest BCUT2D eigenvalue weighted by atomic mass is 16.7. The lowest BCUT2D eigenvalue weighted by atomic mass is 9.93. The third-order valence-corrected chi connectivity index (χ3v) is 5.32. The van der Waals surface area contributed by atoms with Crippen LogP contribution in [0.25, 0.3) is 0 Å². The summed E-state index contributed by atoms with van der Waals surface area (Å²) in [5.74, 6) is -0.606. The quantitative estimate of drug-likeness (QED) is 0.324. The minimum absolute atomic E-state index is 0.0460. The molecule has 5 atom stereocenters. The fraction of sp³-hybridized carbons (Fsp3) is 0.400. The Balaban J connectivity index is 1.62. The van der Waals surface area contributed by atoms with Gasteiger partial charge in [-0.3, -0.25) is 0 Å². The maximum atomic E-state index is 10.6. The molecule has 2 aromatic rings. The van der Waals surface area contributed by atoms with E-state index in [1.54, 1.807) is 0 Å². The van der Waals surface area contributed by atoms with Gasteiger partial charge in [0.05, 0.1) is 19.3 Å². The summed E-state index contributed by atoms with van der Waals surface area (Å²) in [6.45, 7) is -1.07. The first-order valence-electron chi connectivity index (χ1n) is 9.24. The van der Waals surface area contributed by atoms with E-state index in [-0.39, 0.29) is 41.8 Å². The van der Waals surface area contributed by atoms with Crippen molar-refractivity contribution in [2.75, 3.05) is 13.2 Å². The van der Waals surface area contributed by atoms with Crippen molar-refractivity contribution in [1.82, 2.24) is 0 Å². The van der Waals surface area contributed by atoms with Crippen molar-refractivity contribution in [3.8, 4) is 28.7 Å². The highest BCUT2D eigenvalue weighted by Gasteiger charge is 2.49. The monoisotopic (exact) mass is 422 g/mol. The zero-order chi connectivity index (χ0) is 21.6. The van der Waals surface area contributed by atoms with Gasteiger partial charge >= 0.3 is 0 Å². The molecule has 2 aromatic carbocycles. The van der Waals surface area contributed by atoms with Gasteiger partial charge < -0.3 is 50.0 Å². The van der Waals surface area contributed by atoms with Gasteiger partial charge in [0.1, 0.15) is 35.1 Å². The predicted octanol–water partition coefficient (Wildman–Crippen LogP) is -0.340. The molecule has 3 unspecified atom stereocenters. The summed E-state index contributed by atoms with van der Waals surface area (Å²) in [7, 11) is 0. The topological polar surface area (TPSA) is 169 Å². The normalized spacial score (nSPS) is 30.5. The molecule has 2 aliphatic heterocycles. The lowest BCUT2D eigenvalue weighted by Gasteiger charge is -2.32. The zero-order valence-electron chi connectivity index (χ0n) is 15.7. The number of rotatable bonds is 4. The molecule has 2 heterocycles. The first-order chi connectivity index (χ1) is 14.2. The van der Waals surface area contributed by atoms with Gasteiger partial charge in [-0.25, -0.2) is 0 Å². The van der Waals surface area contributed by atoms with Crippen LogP contribution in [-0.2, 0) is 11.2 Å². The van der Waals surface area contributed by atoms with E-state index in [0.29, 0.717) is 11.1 Å². The average Bonchev–Trinajstić information content (AvgIpc) is 2.99. The average molecular weight is 422 g/mol. The Morgan fingerprint density at radius 2 is 1.83 bits per heavy atom. The molecule has 0 saturated carbocycles. The predicted molar refractivity (Wildman–Crippen MR) is 99.4 cm³/mol. The van der Waals surface area contributed by atoms with Gasteiger partial charge in [0.15, 0.2) is 11.5 Å². The van der Waals surface area contributed by atoms with E-state index >= 15 is 0 Å². The highest BCUT2D eigenvalue weighted by Crippen LogP contribution is 2.44. The Bertz CT molecular complexity index is 947. The van der Waals surface area contributed by atoms with Crippen molar-refractivity contribution in [2.45, 2.75) is 36.6 Å². The smallest absolute Gasteiger partial charge is 0.229 e. The molecule has 0 spiro atoms. The Hall–Kier alpha value is -2.76. The van der Waals surface area contributed by atoms with Crippen LogP contribution in [0.15, 0.2) is 30.3 Å². The molecule has 1 fully saturated rings. The first kappa shape index (κ1) is 20.5. The number of phenolic OH excluding ortho intramolecular Hbond substituents is 3. The first-order valence-corrected chi connectivity index (χ1v) is 9.24. The molecule has 0 aliphatic carbocycles. The SMILES string of the molecule is OCC1(O)COC(Oc2cc(O)cc3c2C[C@@H](O)[C@@H](c2ccc(O)c(O)c2)O3)C1O.